The number of nitrogens with zero attached hydrogens (tertiary/aromatic N) is 1. The number of hydrogen-bond donors (Lipinski definition) is 1. The number of carbonyl (C=O) groups is 2. The number of hydrogen-bond acceptors (Lipinski definition) is 6. The molecule has 0 saturated heterocycles. The van der Waals surface area contributed by atoms with Crippen LogP contribution in [-0.2, 0) is 20.9 Å². The molecule has 2 heterocycles. The molecule has 23 heavy (non-hydrogen) atoms. The lowest BCUT2D eigenvalue weighted by Gasteiger charge is -2.23. The van der Waals surface area contributed by atoms with Crippen molar-refractivity contribution in [3.05, 3.63) is 41.3 Å². The van der Waals surface area contributed by atoms with Gasteiger partial charge in [-0.3, -0.25) is 9.59 Å². The van der Waals surface area contributed by atoms with Gasteiger partial charge in [0.05, 0.1) is 28.6 Å². The topological polar surface area (TPSA) is 81.4 Å². The minimum absolute atomic E-state index is 0.0220. The fraction of sp³-hybridized carbons (Fsp3) is 0.312. The molecule has 120 valence electrons. The van der Waals surface area contributed by atoms with E-state index in [-0.39, 0.29) is 18.9 Å². The van der Waals surface area contributed by atoms with E-state index in [0.29, 0.717) is 11.5 Å². The molecule has 2 aromatic rings. The summed E-state index contributed by atoms with van der Waals surface area (Å²) in [5, 5.41) is 6.14. The Morgan fingerprint density at radius 3 is 2.91 bits per heavy atom. The smallest absolute Gasteiger partial charge is 0.307 e. The van der Waals surface area contributed by atoms with E-state index in [1.54, 1.807) is 13.8 Å². The number of ether oxygens (including phenoxy) is 1. The monoisotopic (exact) mass is 332 g/mol. The zero-order valence-electron chi connectivity index (χ0n) is 12.8. The van der Waals surface area contributed by atoms with Crippen LogP contribution < -0.4 is 5.32 Å². The summed E-state index contributed by atoms with van der Waals surface area (Å²) in [5.74, 6) is 0.0361. The van der Waals surface area contributed by atoms with Crippen LogP contribution in [0, 0.1) is 13.8 Å². The molecule has 0 spiro atoms. The van der Waals surface area contributed by atoms with Gasteiger partial charge in [0, 0.05) is 4.90 Å². The van der Waals surface area contributed by atoms with Crippen molar-refractivity contribution in [1.82, 2.24) is 5.16 Å². The van der Waals surface area contributed by atoms with E-state index in [9.17, 15) is 9.59 Å². The maximum atomic E-state index is 12.1. The number of benzene rings is 1. The quantitative estimate of drug-likeness (QED) is 0.867. The molecule has 0 fully saturated rings. The summed E-state index contributed by atoms with van der Waals surface area (Å²) in [7, 11) is 0. The number of amides is 1. The lowest BCUT2D eigenvalue weighted by Crippen LogP contribution is -2.31. The van der Waals surface area contributed by atoms with E-state index in [1.165, 1.54) is 11.8 Å². The van der Waals surface area contributed by atoms with E-state index < -0.39 is 11.2 Å². The summed E-state index contributed by atoms with van der Waals surface area (Å²) in [6.45, 7) is 3.67. The van der Waals surface area contributed by atoms with Crippen molar-refractivity contribution in [2.45, 2.75) is 37.0 Å². The summed E-state index contributed by atoms with van der Waals surface area (Å²) in [4.78, 5) is 25.0. The summed E-state index contributed by atoms with van der Waals surface area (Å²) in [6.07, 6.45) is 0.0220. The molecule has 1 amide bonds. The molecule has 7 heteroatoms. The van der Waals surface area contributed by atoms with Crippen molar-refractivity contribution >= 4 is 29.3 Å². The third-order valence-electron chi connectivity index (χ3n) is 3.62. The van der Waals surface area contributed by atoms with Gasteiger partial charge in [0.1, 0.15) is 12.4 Å². The van der Waals surface area contributed by atoms with Crippen LogP contribution in [0.15, 0.2) is 33.7 Å². The van der Waals surface area contributed by atoms with Crippen molar-refractivity contribution in [3.63, 3.8) is 0 Å². The molecule has 0 saturated carbocycles. The Balaban J connectivity index is 1.59. The molecule has 3 rings (SSSR count). The molecule has 6 nitrogen and oxygen atoms in total. The fourth-order valence-corrected chi connectivity index (χ4v) is 3.39. The molecule has 1 aliphatic rings. The number of fused-ring (bicyclic) bond motifs is 1. The molecule has 1 unspecified atom stereocenters. The van der Waals surface area contributed by atoms with Crippen LogP contribution in [0.2, 0.25) is 0 Å². The Morgan fingerprint density at radius 1 is 1.39 bits per heavy atom. The molecular formula is C16H16N2O4S. The lowest BCUT2D eigenvalue weighted by molar-refractivity contribution is -0.145. The van der Waals surface area contributed by atoms with Crippen LogP contribution >= 0.6 is 11.8 Å². The van der Waals surface area contributed by atoms with Crippen LogP contribution in [0.1, 0.15) is 23.4 Å². The number of aryl methyl sites for hydroxylation is 2. The van der Waals surface area contributed by atoms with E-state index in [0.717, 1.165) is 16.1 Å². The second-order valence-corrected chi connectivity index (χ2v) is 6.50. The highest BCUT2D eigenvalue weighted by atomic mass is 32.2. The van der Waals surface area contributed by atoms with E-state index >= 15 is 0 Å². The number of nitrogens with one attached hydrogen (secondary N) is 1. The summed E-state index contributed by atoms with van der Waals surface area (Å²) in [6, 6.07) is 7.52. The summed E-state index contributed by atoms with van der Waals surface area (Å²) >= 11 is 1.38. The van der Waals surface area contributed by atoms with Crippen molar-refractivity contribution in [2.75, 3.05) is 5.32 Å². The average molecular weight is 332 g/mol. The van der Waals surface area contributed by atoms with E-state index in [1.807, 2.05) is 24.3 Å². The number of aromatic nitrogens is 1. The van der Waals surface area contributed by atoms with Gasteiger partial charge < -0.3 is 14.6 Å². The molecule has 1 N–H and O–H groups in total. The predicted octanol–water partition coefficient (Wildman–Crippen LogP) is 2.84. The first kappa shape index (κ1) is 15.6. The van der Waals surface area contributed by atoms with E-state index in [4.69, 9.17) is 9.26 Å². The molecule has 0 aliphatic carbocycles. The molecule has 1 aromatic heterocycles. The van der Waals surface area contributed by atoms with Gasteiger partial charge in [-0.15, -0.1) is 11.8 Å². The van der Waals surface area contributed by atoms with Crippen LogP contribution in [0.4, 0.5) is 5.69 Å². The Morgan fingerprint density at radius 2 is 2.17 bits per heavy atom. The van der Waals surface area contributed by atoms with Gasteiger partial charge in [0.2, 0.25) is 5.91 Å². The molecule has 1 aromatic carbocycles. The predicted molar refractivity (Wildman–Crippen MR) is 85.1 cm³/mol. The Bertz CT molecular complexity index is 737. The first-order valence-corrected chi connectivity index (χ1v) is 8.06. The summed E-state index contributed by atoms with van der Waals surface area (Å²) in [5.41, 5.74) is 2.25. The number of rotatable bonds is 4. The number of para-hydroxylation sites is 1. The van der Waals surface area contributed by atoms with Gasteiger partial charge in [0.25, 0.3) is 0 Å². The number of esters is 1. The minimum Gasteiger partial charge on any atom is -0.461 e. The van der Waals surface area contributed by atoms with Crippen LogP contribution in [0.5, 0.6) is 0 Å². The third-order valence-corrected chi connectivity index (χ3v) is 4.89. The van der Waals surface area contributed by atoms with Gasteiger partial charge in [-0.05, 0) is 26.0 Å². The average Bonchev–Trinajstić information content (AvgIpc) is 2.85. The number of thioether (sulfide) groups is 1. The SMILES string of the molecule is Cc1noc(C)c1COC(=O)CC1Sc2ccccc2NC1=O. The third kappa shape index (κ3) is 3.39. The van der Waals surface area contributed by atoms with Gasteiger partial charge >= 0.3 is 5.97 Å². The standard InChI is InChI=1S/C16H16N2O4S/c1-9-11(10(2)22-18-9)8-21-15(19)7-14-16(20)17-12-5-3-4-6-13(12)23-14/h3-6,14H,7-8H2,1-2H3,(H,17,20). The van der Waals surface area contributed by atoms with Gasteiger partial charge in [-0.1, -0.05) is 17.3 Å². The zero-order valence-corrected chi connectivity index (χ0v) is 13.6. The number of anilines is 1. The highest BCUT2D eigenvalue weighted by molar-refractivity contribution is 8.01. The van der Waals surface area contributed by atoms with Crippen molar-refractivity contribution < 1.29 is 18.8 Å². The summed E-state index contributed by atoms with van der Waals surface area (Å²) < 4.78 is 10.3. The fourth-order valence-electron chi connectivity index (χ4n) is 2.30. The maximum Gasteiger partial charge on any atom is 0.307 e. The Kier molecular flexibility index (Phi) is 4.38. The van der Waals surface area contributed by atoms with Gasteiger partial charge in [-0.25, -0.2) is 0 Å². The normalized spacial score (nSPS) is 16.6. The number of carbonyl (C=O) groups excluding carboxylic acids is 2. The molecule has 1 aliphatic heterocycles. The molecule has 0 radical (unpaired) electrons. The zero-order chi connectivity index (χ0) is 16.4. The van der Waals surface area contributed by atoms with Crippen LogP contribution in [0.25, 0.3) is 0 Å². The molecule has 1 atom stereocenters. The second kappa shape index (κ2) is 6.45. The maximum absolute atomic E-state index is 12.1. The highest BCUT2D eigenvalue weighted by Crippen LogP contribution is 2.36. The second-order valence-electron chi connectivity index (χ2n) is 5.26. The first-order valence-electron chi connectivity index (χ1n) is 7.18. The van der Waals surface area contributed by atoms with Crippen molar-refractivity contribution in [3.8, 4) is 0 Å². The van der Waals surface area contributed by atoms with Crippen molar-refractivity contribution in [1.29, 1.82) is 0 Å². The Hall–Kier alpha value is -2.28. The highest BCUT2D eigenvalue weighted by Gasteiger charge is 2.29. The largest absolute Gasteiger partial charge is 0.461 e. The molecule has 0 bridgehead atoms. The van der Waals surface area contributed by atoms with Crippen LogP contribution in [-0.4, -0.2) is 22.3 Å². The minimum atomic E-state index is -0.484. The van der Waals surface area contributed by atoms with Crippen LogP contribution in [0.3, 0.4) is 0 Å². The van der Waals surface area contributed by atoms with Gasteiger partial charge in [0.15, 0.2) is 0 Å². The first-order chi connectivity index (χ1) is 11.0. The van der Waals surface area contributed by atoms with E-state index in [2.05, 4.69) is 10.5 Å². The van der Waals surface area contributed by atoms with Crippen molar-refractivity contribution in [2.24, 2.45) is 0 Å². The Labute approximate surface area is 137 Å². The van der Waals surface area contributed by atoms with Gasteiger partial charge in [-0.2, -0.15) is 0 Å². The lowest BCUT2D eigenvalue weighted by atomic mass is 10.2. The molecular weight excluding hydrogens is 316 g/mol.